The first kappa shape index (κ1) is 7.29. The van der Waals surface area contributed by atoms with Crippen molar-refractivity contribution in [3.05, 3.63) is 0 Å². The van der Waals surface area contributed by atoms with Crippen LogP contribution in [-0.2, 0) is 9.53 Å². The highest BCUT2D eigenvalue weighted by molar-refractivity contribution is 5.85. The third-order valence-electron chi connectivity index (χ3n) is 2.96. The minimum atomic E-state index is 0.278. The molecular weight excluding hydrogens is 140 g/mol. The second kappa shape index (κ2) is 2.59. The predicted octanol–water partition coefficient (Wildman–Crippen LogP) is 1.39. The smallest absolute Gasteiger partial charge is 0.138 e. The number of hydrogen-bond acceptors (Lipinski definition) is 2. The summed E-state index contributed by atoms with van der Waals surface area (Å²) in [6.45, 7) is 2.74. The third kappa shape index (κ3) is 1.00. The summed E-state index contributed by atoms with van der Waals surface area (Å²) in [5, 5.41) is 0. The van der Waals surface area contributed by atoms with Gasteiger partial charge in [-0.1, -0.05) is 0 Å². The van der Waals surface area contributed by atoms with Gasteiger partial charge in [-0.15, -0.1) is 0 Å². The molecule has 2 saturated carbocycles. The molecule has 2 nitrogen and oxygen atoms in total. The maximum absolute atomic E-state index is 11.2. The Morgan fingerprint density at radius 1 is 1.64 bits per heavy atom. The van der Waals surface area contributed by atoms with Crippen molar-refractivity contribution in [1.82, 2.24) is 0 Å². The van der Waals surface area contributed by atoms with Gasteiger partial charge in [0.2, 0.25) is 0 Å². The van der Waals surface area contributed by atoms with Gasteiger partial charge in [0.25, 0.3) is 0 Å². The molecule has 0 spiro atoms. The van der Waals surface area contributed by atoms with Crippen molar-refractivity contribution in [2.24, 2.45) is 11.8 Å². The fourth-order valence-corrected chi connectivity index (χ4v) is 2.35. The minimum absolute atomic E-state index is 0.278. The first-order chi connectivity index (χ1) is 5.33. The van der Waals surface area contributed by atoms with Crippen LogP contribution in [0, 0.1) is 11.8 Å². The second-order valence-electron chi connectivity index (χ2n) is 3.52. The van der Waals surface area contributed by atoms with E-state index in [0.717, 1.165) is 25.9 Å². The van der Waals surface area contributed by atoms with Gasteiger partial charge in [0.1, 0.15) is 5.78 Å². The van der Waals surface area contributed by atoms with E-state index >= 15 is 0 Å². The Morgan fingerprint density at radius 3 is 3.09 bits per heavy atom. The van der Waals surface area contributed by atoms with Gasteiger partial charge in [-0.05, 0) is 25.7 Å². The van der Waals surface area contributed by atoms with E-state index in [1.807, 2.05) is 6.92 Å². The first-order valence-corrected chi connectivity index (χ1v) is 4.47. The number of ketones is 1. The number of Topliss-reactive ketones (excluding diaryl/α,β-unsaturated/α-hetero) is 1. The Bertz CT molecular complexity index is 176. The zero-order valence-electron chi connectivity index (χ0n) is 6.88. The van der Waals surface area contributed by atoms with E-state index in [4.69, 9.17) is 4.74 Å². The topological polar surface area (TPSA) is 26.3 Å². The van der Waals surface area contributed by atoms with Crippen LogP contribution in [-0.4, -0.2) is 18.5 Å². The Kier molecular flexibility index (Phi) is 1.72. The lowest BCUT2D eigenvalue weighted by atomic mass is 9.73. The summed E-state index contributed by atoms with van der Waals surface area (Å²) >= 11 is 0. The summed E-state index contributed by atoms with van der Waals surface area (Å²) in [7, 11) is 0. The van der Waals surface area contributed by atoms with E-state index in [1.165, 1.54) is 0 Å². The Morgan fingerprint density at radius 2 is 2.45 bits per heavy atom. The van der Waals surface area contributed by atoms with Crippen LogP contribution in [0.2, 0.25) is 0 Å². The zero-order chi connectivity index (χ0) is 7.84. The minimum Gasteiger partial charge on any atom is -0.378 e. The molecule has 0 amide bonds. The molecule has 11 heavy (non-hydrogen) atoms. The first-order valence-electron chi connectivity index (χ1n) is 4.47. The molecule has 0 unspecified atom stereocenters. The quantitative estimate of drug-likeness (QED) is 0.600. The molecule has 62 valence electrons. The van der Waals surface area contributed by atoms with Gasteiger partial charge in [0.05, 0.1) is 6.10 Å². The van der Waals surface area contributed by atoms with Crippen LogP contribution in [0.4, 0.5) is 0 Å². The van der Waals surface area contributed by atoms with Gasteiger partial charge in [0, 0.05) is 18.9 Å². The third-order valence-corrected chi connectivity index (χ3v) is 2.96. The number of hydrogen-bond donors (Lipinski definition) is 0. The van der Waals surface area contributed by atoms with Crippen molar-refractivity contribution >= 4 is 5.78 Å². The normalized spacial score (nSPS) is 41.9. The van der Waals surface area contributed by atoms with Crippen molar-refractivity contribution in [1.29, 1.82) is 0 Å². The van der Waals surface area contributed by atoms with Gasteiger partial charge in [0.15, 0.2) is 0 Å². The molecule has 0 radical (unpaired) electrons. The maximum atomic E-state index is 11.2. The number of fused-ring (bicyclic) bond motifs is 1. The van der Waals surface area contributed by atoms with Crippen molar-refractivity contribution in [3.8, 4) is 0 Å². The summed E-state index contributed by atoms with van der Waals surface area (Å²) in [6.07, 6.45) is 3.33. The van der Waals surface area contributed by atoms with E-state index in [-0.39, 0.29) is 12.0 Å². The fourth-order valence-electron chi connectivity index (χ4n) is 2.35. The van der Waals surface area contributed by atoms with Gasteiger partial charge < -0.3 is 4.74 Å². The fraction of sp³-hybridized carbons (Fsp3) is 0.889. The van der Waals surface area contributed by atoms with Crippen LogP contribution >= 0.6 is 0 Å². The maximum Gasteiger partial charge on any atom is 0.138 e. The molecule has 2 rings (SSSR count). The molecule has 0 aromatic rings. The summed E-state index contributed by atoms with van der Waals surface area (Å²) in [6, 6.07) is 0. The summed E-state index contributed by atoms with van der Waals surface area (Å²) in [5.41, 5.74) is 0. The molecular formula is C9H14O2. The van der Waals surface area contributed by atoms with Crippen molar-refractivity contribution in [3.63, 3.8) is 0 Å². The monoisotopic (exact) mass is 154 g/mol. The van der Waals surface area contributed by atoms with E-state index < -0.39 is 0 Å². The molecule has 0 heterocycles. The molecule has 2 fully saturated rings. The zero-order valence-corrected chi connectivity index (χ0v) is 6.88. The largest absolute Gasteiger partial charge is 0.378 e. The van der Waals surface area contributed by atoms with Crippen molar-refractivity contribution in [2.75, 3.05) is 6.61 Å². The Balaban J connectivity index is 1.95. The highest BCUT2D eigenvalue weighted by Gasteiger charge is 2.49. The highest BCUT2D eigenvalue weighted by atomic mass is 16.5. The molecule has 0 N–H and O–H groups in total. The van der Waals surface area contributed by atoms with Crippen LogP contribution in [0.1, 0.15) is 26.2 Å². The average molecular weight is 154 g/mol. The standard InChI is InChI=1S/C9H14O2/c1-2-11-8-5-6-3-4-7(10)9(6)8/h6,8-9H,2-5H2,1H3/t6-,8+,9+/m0/s1. The van der Waals surface area contributed by atoms with Gasteiger partial charge in [-0.3, -0.25) is 4.79 Å². The van der Waals surface area contributed by atoms with Crippen LogP contribution in [0.3, 0.4) is 0 Å². The SMILES string of the molecule is CCO[C@@H]1C[C@@H]2CCC(=O)[C@@H]21. The van der Waals surface area contributed by atoms with Crippen LogP contribution in [0.15, 0.2) is 0 Å². The Labute approximate surface area is 66.9 Å². The molecule has 2 heteroatoms. The summed E-state index contributed by atoms with van der Waals surface area (Å²) < 4.78 is 5.44. The van der Waals surface area contributed by atoms with E-state index in [0.29, 0.717) is 11.7 Å². The van der Waals surface area contributed by atoms with Crippen molar-refractivity contribution < 1.29 is 9.53 Å². The predicted molar refractivity (Wildman–Crippen MR) is 41.3 cm³/mol. The molecule has 2 aliphatic carbocycles. The molecule has 0 aliphatic heterocycles. The summed E-state index contributed by atoms with van der Waals surface area (Å²) in [4.78, 5) is 11.2. The molecule has 0 aromatic carbocycles. The Hall–Kier alpha value is -0.370. The molecule has 0 saturated heterocycles. The highest BCUT2D eigenvalue weighted by Crippen LogP contribution is 2.46. The lowest BCUT2D eigenvalue weighted by Gasteiger charge is -2.38. The van der Waals surface area contributed by atoms with Crippen LogP contribution < -0.4 is 0 Å². The molecule has 0 bridgehead atoms. The van der Waals surface area contributed by atoms with Gasteiger partial charge in [-0.25, -0.2) is 0 Å². The van der Waals surface area contributed by atoms with Gasteiger partial charge >= 0.3 is 0 Å². The van der Waals surface area contributed by atoms with Gasteiger partial charge in [-0.2, -0.15) is 0 Å². The lowest BCUT2D eigenvalue weighted by molar-refractivity contribution is -0.135. The number of rotatable bonds is 2. The van der Waals surface area contributed by atoms with E-state index in [9.17, 15) is 4.79 Å². The molecule has 0 aromatic heterocycles. The van der Waals surface area contributed by atoms with E-state index in [1.54, 1.807) is 0 Å². The molecule has 3 atom stereocenters. The summed E-state index contributed by atoms with van der Waals surface area (Å²) in [5.74, 6) is 1.41. The van der Waals surface area contributed by atoms with E-state index in [2.05, 4.69) is 0 Å². The molecule has 2 aliphatic rings. The van der Waals surface area contributed by atoms with Crippen LogP contribution in [0.25, 0.3) is 0 Å². The lowest BCUT2D eigenvalue weighted by Crippen LogP contribution is -2.43. The van der Waals surface area contributed by atoms with Crippen LogP contribution in [0.5, 0.6) is 0 Å². The number of carbonyl (C=O) groups is 1. The number of ether oxygens (including phenoxy) is 1. The average Bonchev–Trinajstić information content (AvgIpc) is 2.20. The number of carbonyl (C=O) groups excluding carboxylic acids is 1. The van der Waals surface area contributed by atoms with Crippen molar-refractivity contribution in [2.45, 2.75) is 32.3 Å². The second-order valence-corrected chi connectivity index (χ2v) is 3.52.